The first-order valence-corrected chi connectivity index (χ1v) is 6.11. The van der Waals surface area contributed by atoms with Crippen molar-refractivity contribution in [3.05, 3.63) is 29.3 Å². The summed E-state index contributed by atoms with van der Waals surface area (Å²) in [5, 5.41) is 7.12. The maximum Gasteiger partial charge on any atom is 0.0905 e. The van der Waals surface area contributed by atoms with Crippen molar-refractivity contribution in [2.45, 2.75) is 31.6 Å². The summed E-state index contributed by atoms with van der Waals surface area (Å²) in [6.45, 7) is 4.25. The van der Waals surface area contributed by atoms with Crippen LogP contribution in [0.25, 0.3) is 0 Å². The molecule has 0 aliphatic carbocycles. The third-order valence-electron chi connectivity index (χ3n) is 2.18. The molecule has 2 nitrogen and oxygen atoms in total. The predicted molar refractivity (Wildman–Crippen MR) is 67.8 cm³/mol. The lowest BCUT2D eigenvalue weighted by molar-refractivity contribution is 0.987. The lowest BCUT2D eigenvalue weighted by atomic mass is 10.2. The molecule has 0 aromatic heterocycles. The molecule has 0 bridgehead atoms. The molecule has 0 fully saturated rings. The minimum Gasteiger partial charge on any atom is -0.388 e. The Balaban J connectivity index is 2.40. The van der Waals surface area contributed by atoms with Crippen molar-refractivity contribution in [1.82, 2.24) is 0 Å². The van der Waals surface area contributed by atoms with E-state index in [9.17, 15) is 0 Å². The summed E-state index contributed by atoms with van der Waals surface area (Å²) < 4.78 is 0. The molecule has 0 heterocycles. The van der Waals surface area contributed by atoms with Gasteiger partial charge in [-0.25, -0.2) is 0 Å². The zero-order chi connectivity index (χ0) is 11.3. The third kappa shape index (κ3) is 4.38. The van der Waals surface area contributed by atoms with Gasteiger partial charge in [-0.2, -0.15) is 0 Å². The molecule has 1 aromatic rings. The van der Waals surface area contributed by atoms with E-state index in [4.69, 9.17) is 11.1 Å². The second-order valence-electron chi connectivity index (χ2n) is 3.75. The molecule has 0 amide bonds. The van der Waals surface area contributed by atoms with Crippen molar-refractivity contribution in [1.29, 1.82) is 5.41 Å². The Morgan fingerprint density at radius 3 is 2.73 bits per heavy atom. The first kappa shape index (κ1) is 12.1. The van der Waals surface area contributed by atoms with E-state index in [2.05, 4.69) is 32.0 Å². The molecular weight excluding hydrogens is 204 g/mol. The molecule has 0 saturated carbocycles. The Morgan fingerprint density at radius 1 is 1.40 bits per heavy atom. The van der Waals surface area contributed by atoms with Crippen LogP contribution in [0, 0.1) is 19.3 Å². The molecule has 0 atom stereocenters. The third-order valence-corrected chi connectivity index (χ3v) is 3.44. The quantitative estimate of drug-likeness (QED) is 0.348. The minimum atomic E-state index is 0.288. The Hall–Kier alpha value is -0.960. The molecule has 3 heteroatoms. The second kappa shape index (κ2) is 5.81. The van der Waals surface area contributed by atoms with Crippen LogP contribution < -0.4 is 5.73 Å². The number of nitrogens with one attached hydrogen (secondary N) is 1. The number of hydrogen-bond acceptors (Lipinski definition) is 2. The summed E-state index contributed by atoms with van der Waals surface area (Å²) in [6.07, 6.45) is 1.69. The summed E-state index contributed by atoms with van der Waals surface area (Å²) >= 11 is 1.85. The van der Waals surface area contributed by atoms with Gasteiger partial charge < -0.3 is 5.73 Å². The van der Waals surface area contributed by atoms with Gasteiger partial charge in [-0.05, 0) is 37.7 Å². The fourth-order valence-corrected chi connectivity index (χ4v) is 2.37. The average molecular weight is 222 g/mol. The standard InChI is InChI=1S/C12H18N2S/c1-9-5-6-11(10(2)8-9)15-7-3-4-12(13)14/h5-6,8H,3-4,7H2,1-2H3,(H3,13,14). The summed E-state index contributed by atoms with van der Waals surface area (Å²) in [5.41, 5.74) is 7.94. The van der Waals surface area contributed by atoms with Crippen molar-refractivity contribution in [3.8, 4) is 0 Å². The molecule has 0 radical (unpaired) electrons. The van der Waals surface area contributed by atoms with Gasteiger partial charge in [0.1, 0.15) is 0 Å². The Morgan fingerprint density at radius 2 is 2.13 bits per heavy atom. The smallest absolute Gasteiger partial charge is 0.0905 e. The molecule has 0 aliphatic rings. The largest absolute Gasteiger partial charge is 0.388 e. The zero-order valence-corrected chi connectivity index (χ0v) is 10.2. The van der Waals surface area contributed by atoms with Gasteiger partial charge in [-0.3, -0.25) is 5.41 Å². The number of benzene rings is 1. The van der Waals surface area contributed by atoms with E-state index in [0.717, 1.165) is 12.2 Å². The predicted octanol–water partition coefficient (Wildman–Crippen LogP) is 3.11. The molecule has 0 spiro atoms. The van der Waals surface area contributed by atoms with E-state index < -0.39 is 0 Å². The highest BCUT2D eigenvalue weighted by Crippen LogP contribution is 2.23. The number of amidine groups is 1. The van der Waals surface area contributed by atoms with E-state index in [1.807, 2.05) is 11.8 Å². The van der Waals surface area contributed by atoms with Gasteiger partial charge in [-0.15, -0.1) is 11.8 Å². The van der Waals surface area contributed by atoms with E-state index in [-0.39, 0.29) is 5.84 Å². The van der Waals surface area contributed by atoms with Gasteiger partial charge >= 0.3 is 0 Å². The van der Waals surface area contributed by atoms with Crippen LogP contribution in [0.4, 0.5) is 0 Å². The van der Waals surface area contributed by atoms with Crippen LogP contribution in [-0.4, -0.2) is 11.6 Å². The summed E-state index contributed by atoms with van der Waals surface area (Å²) in [5.74, 6) is 1.32. The summed E-state index contributed by atoms with van der Waals surface area (Å²) in [7, 11) is 0. The molecule has 0 aliphatic heterocycles. The van der Waals surface area contributed by atoms with Crippen molar-refractivity contribution in [2.24, 2.45) is 5.73 Å². The highest BCUT2D eigenvalue weighted by atomic mass is 32.2. The molecule has 0 unspecified atom stereocenters. The normalized spacial score (nSPS) is 10.3. The van der Waals surface area contributed by atoms with E-state index in [0.29, 0.717) is 6.42 Å². The monoisotopic (exact) mass is 222 g/mol. The molecule has 0 saturated heterocycles. The summed E-state index contributed by atoms with van der Waals surface area (Å²) in [4.78, 5) is 1.34. The van der Waals surface area contributed by atoms with Crippen LogP contribution in [-0.2, 0) is 0 Å². The van der Waals surface area contributed by atoms with Crippen molar-refractivity contribution in [3.63, 3.8) is 0 Å². The molecule has 15 heavy (non-hydrogen) atoms. The second-order valence-corrected chi connectivity index (χ2v) is 4.88. The molecular formula is C12H18N2S. The van der Waals surface area contributed by atoms with E-state index >= 15 is 0 Å². The lowest BCUT2D eigenvalue weighted by Gasteiger charge is -2.06. The SMILES string of the molecule is Cc1ccc(SCCCC(=N)N)c(C)c1. The Bertz CT molecular complexity index is 347. The van der Waals surface area contributed by atoms with E-state index in [1.54, 1.807) is 0 Å². The zero-order valence-electron chi connectivity index (χ0n) is 9.34. The molecule has 82 valence electrons. The van der Waals surface area contributed by atoms with Gasteiger partial charge in [0.2, 0.25) is 0 Å². The van der Waals surface area contributed by atoms with Gasteiger partial charge in [0.05, 0.1) is 5.84 Å². The molecule has 1 aromatic carbocycles. The fraction of sp³-hybridized carbons (Fsp3) is 0.417. The molecule has 3 N–H and O–H groups in total. The average Bonchev–Trinajstić information content (AvgIpc) is 2.14. The lowest BCUT2D eigenvalue weighted by Crippen LogP contribution is -2.08. The number of rotatable bonds is 5. The van der Waals surface area contributed by atoms with Crippen LogP contribution in [0.1, 0.15) is 24.0 Å². The fourth-order valence-electron chi connectivity index (χ4n) is 1.41. The van der Waals surface area contributed by atoms with E-state index in [1.165, 1.54) is 16.0 Å². The number of aryl methyl sites for hydroxylation is 2. The van der Waals surface area contributed by atoms with Gasteiger partial charge in [-0.1, -0.05) is 17.7 Å². The van der Waals surface area contributed by atoms with Gasteiger partial charge in [0, 0.05) is 11.3 Å². The van der Waals surface area contributed by atoms with Gasteiger partial charge in [0.25, 0.3) is 0 Å². The van der Waals surface area contributed by atoms with Crippen molar-refractivity contribution in [2.75, 3.05) is 5.75 Å². The molecule has 1 rings (SSSR count). The van der Waals surface area contributed by atoms with Crippen LogP contribution in [0.2, 0.25) is 0 Å². The maximum absolute atomic E-state index is 7.12. The van der Waals surface area contributed by atoms with Crippen LogP contribution >= 0.6 is 11.8 Å². The highest BCUT2D eigenvalue weighted by Gasteiger charge is 1.99. The Kier molecular flexibility index (Phi) is 4.69. The van der Waals surface area contributed by atoms with Crippen molar-refractivity contribution < 1.29 is 0 Å². The topological polar surface area (TPSA) is 49.9 Å². The number of hydrogen-bond donors (Lipinski definition) is 2. The highest BCUT2D eigenvalue weighted by molar-refractivity contribution is 7.99. The number of nitrogens with two attached hydrogens (primary N) is 1. The van der Waals surface area contributed by atoms with Crippen molar-refractivity contribution >= 4 is 17.6 Å². The van der Waals surface area contributed by atoms with Crippen LogP contribution in [0.15, 0.2) is 23.1 Å². The minimum absolute atomic E-state index is 0.288. The number of thioether (sulfide) groups is 1. The van der Waals surface area contributed by atoms with Crippen LogP contribution in [0.3, 0.4) is 0 Å². The first-order chi connectivity index (χ1) is 7.09. The van der Waals surface area contributed by atoms with Gasteiger partial charge in [0.15, 0.2) is 0 Å². The Labute approximate surface area is 95.8 Å². The maximum atomic E-state index is 7.12. The summed E-state index contributed by atoms with van der Waals surface area (Å²) in [6, 6.07) is 6.51. The van der Waals surface area contributed by atoms with Crippen LogP contribution in [0.5, 0.6) is 0 Å². The first-order valence-electron chi connectivity index (χ1n) is 5.12.